The topological polar surface area (TPSA) is 38.0 Å². The highest BCUT2D eigenvalue weighted by atomic mass is 14.9. The first-order valence-electron chi connectivity index (χ1n) is 8.54. The highest BCUT2D eigenvalue weighted by molar-refractivity contribution is 5.25. The fourth-order valence-corrected chi connectivity index (χ4v) is 3.04. The van der Waals surface area contributed by atoms with Gasteiger partial charge in [-0.2, -0.15) is 0 Å². The monoisotopic (exact) mass is 310 g/mol. The Hall–Kier alpha value is -1.64. The van der Waals surface area contributed by atoms with E-state index in [0.717, 1.165) is 25.9 Å². The molecule has 0 bridgehead atoms. The van der Waals surface area contributed by atoms with E-state index in [-0.39, 0.29) is 11.0 Å². The average molecular weight is 310 g/mol. The predicted octanol–water partition coefficient (Wildman–Crippen LogP) is 4.46. The molecule has 124 valence electrons. The summed E-state index contributed by atoms with van der Waals surface area (Å²) in [4.78, 5) is 0. The Kier molecular flexibility index (Phi) is 5.97. The molecule has 2 aromatic rings. The molecule has 2 heteroatoms. The summed E-state index contributed by atoms with van der Waals surface area (Å²) in [7, 11) is 0. The Bertz CT molecular complexity index is 577. The van der Waals surface area contributed by atoms with E-state index in [0.29, 0.717) is 0 Å². The first kappa shape index (κ1) is 17.7. The van der Waals surface area contributed by atoms with Crippen molar-refractivity contribution in [2.45, 2.75) is 45.7 Å². The standard InChI is InChI=1S/C21H30N2/c1-4-20(2,3)16-21(22,19-13-9-6-10-14-19)17-23-15-18-11-7-5-8-12-18/h5-14,23H,4,15-17,22H2,1-3H3. The molecule has 0 amide bonds. The van der Waals surface area contributed by atoms with Crippen LogP contribution >= 0.6 is 0 Å². The van der Waals surface area contributed by atoms with Crippen molar-refractivity contribution in [3.8, 4) is 0 Å². The van der Waals surface area contributed by atoms with Crippen LogP contribution in [0, 0.1) is 5.41 Å². The Morgan fingerprint density at radius 3 is 2.04 bits per heavy atom. The van der Waals surface area contributed by atoms with Gasteiger partial charge in [0, 0.05) is 13.1 Å². The second kappa shape index (κ2) is 7.76. The fourth-order valence-electron chi connectivity index (χ4n) is 3.04. The normalized spacial score (nSPS) is 14.4. The number of nitrogens with two attached hydrogens (primary N) is 1. The minimum atomic E-state index is -0.352. The summed E-state index contributed by atoms with van der Waals surface area (Å²) < 4.78 is 0. The van der Waals surface area contributed by atoms with Gasteiger partial charge in [-0.25, -0.2) is 0 Å². The Labute approximate surface area is 141 Å². The highest BCUT2D eigenvalue weighted by Crippen LogP contribution is 2.35. The lowest BCUT2D eigenvalue weighted by molar-refractivity contribution is 0.220. The van der Waals surface area contributed by atoms with Crippen LogP contribution in [0.15, 0.2) is 60.7 Å². The summed E-state index contributed by atoms with van der Waals surface area (Å²) in [6.07, 6.45) is 2.08. The van der Waals surface area contributed by atoms with Gasteiger partial charge in [0.05, 0.1) is 5.54 Å². The molecule has 2 aromatic carbocycles. The zero-order valence-electron chi connectivity index (χ0n) is 14.7. The van der Waals surface area contributed by atoms with Crippen LogP contribution in [0.5, 0.6) is 0 Å². The van der Waals surface area contributed by atoms with Gasteiger partial charge in [-0.1, -0.05) is 87.9 Å². The summed E-state index contributed by atoms with van der Waals surface area (Å²) in [5.74, 6) is 0. The van der Waals surface area contributed by atoms with E-state index >= 15 is 0 Å². The van der Waals surface area contributed by atoms with E-state index in [1.807, 2.05) is 12.1 Å². The van der Waals surface area contributed by atoms with E-state index < -0.39 is 0 Å². The van der Waals surface area contributed by atoms with Crippen LogP contribution in [0.2, 0.25) is 0 Å². The largest absolute Gasteiger partial charge is 0.320 e. The SMILES string of the molecule is CCC(C)(C)CC(N)(CNCc1ccccc1)c1ccccc1. The number of hydrogen-bond donors (Lipinski definition) is 2. The van der Waals surface area contributed by atoms with Gasteiger partial charge in [-0.3, -0.25) is 0 Å². The van der Waals surface area contributed by atoms with Crippen molar-refractivity contribution in [1.82, 2.24) is 5.32 Å². The van der Waals surface area contributed by atoms with Crippen LogP contribution in [0.25, 0.3) is 0 Å². The maximum Gasteiger partial charge on any atom is 0.0541 e. The molecule has 0 aromatic heterocycles. The molecule has 0 aliphatic rings. The molecule has 1 atom stereocenters. The number of nitrogens with one attached hydrogen (secondary N) is 1. The molecule has 0 fully saturated rings. The third-order valence-electron chi connectivity index (χ3n) is 4.71. The molecule has 2 rings (SSSR count). The first-order chi connectivity index (χ1) is 11.0. The third kappa shape index (κ3) is 5.19. The quantitative estimate of drug-likeness (QED) is 0.755. The van der Waals surface area contributed by atoms with Crippen LogP contribution in [0.3, 0.4) is 0 Å². The average Bonchev–Trinajstić information content (AvgIpc) is 2.56. The van der Waals surface area contributed by atoms with Crippen molar-refractivity contribution in [3.63, 3.8) is 0 Å². The summed E-state index contributed by atoms with van der Waals surface area (Å²) in [5, 5.41) is 3.56. The van der Waals surface area contributed by atoms with Gasteiger partial charge in [0.1, 0.15) is 0 Å². The van der Waals surface area contributed by atoms with Crippen LogP contribution in [0.1, 0.15) is 44.7 Å². The molecule has 23 heavy (non-hydrogen) atoms. The van der Waals surface area contributed by atoms with Gasteiger partial charge < -0.3 is 11.1 Å². The van der Waals surface area contributed by atoms with E-state index in [1.54, 1.807) is 0 Å². The molecule has 0 heterocycles. The Morgan fingerprint density at radius 1 is 0.913 bits per heavy atom. The molecule has 3 N–H and O–H groups in total. The van der Waals surface area contributed by atoms with Gasteiger partial charge >= 0.3 is 0 Å². The molecule has 1 unspecified atom stereocenters. The van der Waals surface area contributed by atoms with E-state index in [9.17, 15) is 0 Å². The molecule has 0 saturated heterocycles. The van der Waals surface area contributed by atoms with Crippen LogP contribution < -0.4 is 11.1 Å². The first-order valence-corrected chi connectivity index (χ1v) is 8.54. The van der Waals surface area contributed by atoms with Crippen molar-refractivity contribution >= 4 is 0 Å². The number of rotatable bonds is 8. The second-order valence-electron chi connectivity index (χ2n) is 7.31. The highest BCUT2D eigenvalue weighted by Gasteiger charge is 2.33. The Balaban J connectivity index is 2.10. The van der Waals surface area contributed by atoms with Gasteiger partial charge in [-0.15, -0.1) is 0 Å². The fraction of sp³-hybridized carbons (Fsp3) is 0.429. The van der Waals surface area contributed by atoms with Crippen LogP contribution in [-0.4, -0.2) is 6.54 Å². The smallest absolute Gasteiger partial charge is 0.0541 e. The maximum atomic E-state index is 6.88. The third-order valence-corrected chi connectivity index (χ3v) is 4.71. The van der Waals surface area contributed by atoms with Gasteiger partial charge in [0.15, 0.2) is 0 Å². The van der Waals surface area contributed by atoms with E-state index in [4.69, 9.17) is 5.73 Å². The second-order valence-corrected chi connectivity index (χ2v) is 7.31. The number of benzene rings is 2. The summed E-state index contributed by atoms with van der Waals surface area (Å²) in [5.41, 5.74) is 9.25. The van der Waals surface area contributed by atoms with Gasteiger partial charge in [-0.05, 0) is 23.0 Å². The summed E-state index contributed by atoms with van der Waals surface area (Å²) >= 11 is 0. The summed E-state index contributed by atoms with van der Waals surface area (Å²) in [6, 6.07) is 21.0. The molecular formula is C21H30N2. The number of hydrogen-bond acceptors (Lipinski definition) is 2. The van der Waals surface area contributed by atoms with Crippen LogP contribution in [-0.2, 0) is 12.1 Å². The van der Waals surface area contributed by atoms with E-state index in [2.05, 4.69) is 74.6 Å². The molecule has 0 spiro atoms. The maximum absolute atomic E-state index is 6.88. The molecule has 0 aliphatic heterocycles. The Morgan fingerprint density at radius 2 is 1.48 bits per heavy atom. The van der Waals surface area contributed by atoms with Crippen molar-refractivity contribution in [2.24, 2.45) is 11.1 Å². The molecule has 0 radical (unpaired) electrons. The molecule has 2 nitrogen and oxygen atoms in total. The molecular weight excluding hydrogens is 280 g/mol. The summed E-state index contributed by atoms with van der Waals surface area (Å²) in [6.45, 7) is 8.46. The lowest BCUT2D eigenvalue weighted by atomic mass is 9.74. The zero-order valence-corrected chi connectivity index (χ0v) is 14.7. The molecule has 0 aliphatic carbocycles. The zero-order chi connectivity index (χ0) is 16.8. The van der Waals surface area contributed by atoms with E-state index in [1.165, 1.54) is 11.1 Å². The lowest BCUT2D eigenvalue weighted by Gasteiger charge is -2.38. The predicted molar refractivity (Wildman–Crippen MR) is 99.1 cm³/mol. The van der Waals surface area contributed by atoms with Crippen molar-refractivity contribution in [2.75, 3.05) is 6.54 Å². The van der Waals surface area contributed by atoms with Gasteiger partial charge in [0.25, 0.3) is 0 Å². The van der Waals surface area contributed by atoms with Gasteiger partial charge in [0.2, 0.25) is 0 Å². The lowest BCUT2D eigenvalue weighted by Crippen LogP contribution is -2.48. The van der Waals surface area contributed by atoms with Crippen molar-refractivity contribution in [3.05, 3.63) is 71.8 Å². The van der Waals surface area contributed by atoms with Crippen molar-refractivity contribution in [1.29, 1.82) is 0 Å². The minimum absolute atomic E-state index is 0.221. The minimum Gasteiger partial charge on any atom is -0.320 e. The van der Waals surface area contributed by atoms with Crippen LogP contribution in [0.4, 0.5) is 0 Å². The molecule has 0 saturated carbocycles. The van der Waals surface area contributed by atoms with Crippen molar-refractivity contribution < 1.29 is 0 Å².